The number of hydrogen-bond donors (Lipinski definition) is 1. The van der Waals surface area contributed by atoms with Crippen LogP contribution in [0.5, 0.6) is 5.75 Å². The van der Waals surface area contributed by atoms with E-state index in [9.17, 15) is 9.90 Å². The number of piperidine rings is 1. The Morgan fingerprint density at radius 1 is 1.27 bits per heavy atom. The Hall–Kier alpha value is -1.55. The first kappa shape index (κ1) is 15.3. The van der Waals surface area contributed by atoms with E-state index in [4.69, 9.17) is 4.74 Å². The summed E-state index contributed by atoms with van der Waals surface area (Å²) in [7, 11) is 1.66. The van der Waals surface area contributed by atoms with Gasteiger partial charge in [-0.1, -0.05) is 25.0 Å². The summed E-state index contributed by atoms with van der Waals surface area (Å²) in [5, 5.41) is 9.67. The monoisotopic (exact) mass is 303 g/mol. The van der Waals surface area contributed by atoms with Crippen molar-refractivity contribution in [1.29, 1.82) is 0 Å². The summed E-state index contributed by atoms with van der Waals surface area (Å²) in [6.07, 6.45) is 5.16. The molecule has 0 unspecified atom stereocenters. The maximum absolute atomic E-state index is 13.2. The summed E-state index contributed by atoms with van der Waals surface area (Å²) in [6.45, 7) is 1.34. The average molecular weight is 303 g/mol. The predicted octanol–water partition coefficient (Wildman–Crippen LogP) is 2.49. The van der Waals surface area contributed by atoms with E-state index in [0.717, 1.165) is 37.0 Å². The number of likely N-dealkylation sites (tertiary alicyclic amines) is 1. The van der Waals surface area contributed by atoms with Crippen LogP contribution < -0.4 is 4.74 Å². The molecule has 0 aromatic heterocycles. The fourth-order valence-corrected chi connectivity index (χ4v) is 3.90. The van der Waals surface area contributed by atoms with Crippen molar-refractivity contribution in [1.82, 2.24) is 4.90 Å². The molecule has 3 rings (SSSR count). The van der Waals surface area contributed by atoms with Gasteiger partial charge in [0.25, 0.3) is 0 Å². The molecule has 1 heterocycles. The SMILES string of the molecule is COc1cccc(C2(C(=O)N3CCC(O)CC3)CCCC2)c1. The summed E-state index contributed by atoms with van der Waals surface area (Å²) in [5.74, 6) is 1.05. The molecule has 0 spiro atoms. The summed E-state index contributed by atoms with van der Waals surface area (Å²) in [5.41, 5.74) is 0.692. The van der Waals surface area contributed by atoms with Gasteiger partial charge in [-0.2, -0.15) is 0 Å². The number of carbonyl (C=O) groups excluding carboxylic acids is 1. The first-order chi connectivity index (χ1) is 10.7. The molecule has 22 heavy (non-hydrogen) atoms. The van der Waals surface area contributed by atoms with Crippen LogP contribution in [0.3, 0.4) is 0 Å². The van der Waals surface area contributed by atoms with Gasteiger partial charge in [0.05, 0.1) is 18.6 Å². The fraction of sp³-hybridized carbons (Fsp3) is 0.611. The molecule has 0 radical (unpaired) electrons. The van der Waals surface area contributed by atoms with Crippen molar-refractivity contribution in [3.8, 4) is 5.75 Å². The molecule has 1 aromatic carbocycles. The van der Waals surface area contributed by atoms with Crippen LogP contribution in [-0.2, 0) is 10.2 Å². The Morgan fingerprint density at radius 2 is 1.95 bits per heavy atom. The molecule has 4 heteroatoms. The number of aliphatic hydroxyl groups is 1. The topological polar surface area (TPSA) is 49.8 Å². The molecular weight excluding hydrogens is 278 g/mol. The lowest BCUT2D eigenvalue weighted by Gasteiger charge is -2.38. The number of methoxy groups -OCH3 is 1. The highest BCUT2D eigenvalue weighted by Crippen LogP contribution is 2.43. The van der Waals surface area contributed by atoms with Crippen LogP contribution in [0, 0.1) is 0 Å². The van der Waals surface area contributed by atoms with E-state index in [2.05, 4.69) is 6.07 Å². The molecule has 1 aromatic rings. The molecule has 0 atom stereocenters. The van der Waals surface area contributed by atoms with Gasteiger partial charge < -0.3 is 14.7 Å². The average Bonchev–Trinajstić information content (AvgIpc) is 3.06. The van der Waals surface area contributed by atoms with Crippen molar-refractivity contribution >= 4 is 5.91 Å². The van der Waals surface area contributed by atoms with Gasteiger partial charge in [0.15, 0.2) is 0 Å². The number of rotatable bonds is 3. The Morgan fingerprint density at radius 3 is 2.59 bits per heavy atom. The lowest BCUT2D eigenvalue weighted by molar-refractivity contribution is -0.139. The van der Waals surface area contributed by atoms with E-state index < -0.39 is 5.41 Å². The molecule has 1 N–H and O–H groups in total. The summed E-state index contributed by atoms with van der Waals surface area (Å²) in [6, 6.07) is 7.97. The van der Waals surface area contributed by atoms with Crippen LogP contribution in [0.2, 0.25) is 0 Å². The van der Waals surface area contributed by atoms with E-state index in [-0.39, 0.29) is 12.0 Å². The zero-order valence-electron chi connectivity index (χ0n) is 13.3. The maximum atomic E-state index is 13.2. The number of amides is 1. The van der Waals surface area contributed by atoms with Crippen molar-refractivity contribution in [3.05, 3.63) is 29.8 Å². The van der Waals surface area contributed by atoms with Crippen LogP contribution >= 0.6 is 0 Å². The smallest absolute Gasteiger partial charge is 0.233 e. The van der Waals surface area contributed by atoms with Gasteiger partial charge in [0.2, 0.25) is 5.91 Å². The third-order valence-corrected chi connectivity index (χ3v) is 5.24. The van der Waals surface area contributed by atoms with Crippen molar-refractivity contribution in [2.45, 2.75) is 50.0 Å². The number of carbonyl (C=O) groups is 1. The first-order valence-corrected chi connectivity index (χ1v) is 8.28. The number of ether oxygens (including phenoxy) is 1. The third-order valence-electron chi connectivity index (χ3n) is 5.24. The second-order valence-electron chi connectivity index (χ2n) is 6.54. The second-order valence-corrected chi connectivity index (χ2v) is 6.54. The number of nitrogens with zero attached hydrogens (tertiary/aromatic N) is 1. The minimum absolute atomic E-state index is 0.241. The van der Waals surface area contributed by atoms with Gasteiger partial charge in [0.1, 0.15) is 5.75 Å². The number of hydrogen-bond acceptors (Lipinski definition) is 3. The zero-order valence-corrected chi connectivity index (χ0v) is 13.3. The van der Waals surface area contributed by atoms with Crippen molar-refractivity contribution < 1.29 is 14.6 Å². The molecular formula is C18H25NO3. The molecule has 120 valence electrons. The molecule has 1 saturated carbocycles. The van der Waals surface area contributed by atoms with Crippen LogP contribution in [-0.4, -0.2) is 42.2 Å². The van der Waals surface area contributed by atoms with Gasteiger partial charge in [-0.05, 0) is 43.4 Å². The standard InChI is InChI=1S/C18H25NO3/c1-22-16-6-4-5-14(13-16)18(9-2-3-10-18)17(21)19-11-7-15(20)8-12-19/h4-6,13,15,20H,2-3,7-12H2,1H3. The molecule has 0 bridgehead atoms. The summed E-state index contributed by atoms with van der Waals surface area (Å²) < 4.78 is 5.34. The second kappa shape index (κ2) is 6.29. The van der Waals surface area contributed by atoms with E-state index >= 15 is 0 Å². The number of aliphatic hydroxyl groups excluding tert-OH is 1. The highest BCUT2D eigenvalue weighted by Gasteiger charge is 2.45. The van der Waals surface area contributed by atoms with Gasteiger partial charge in [0, 0.05) is 13.1 Å². The summed E-state index contributed by atoms with van der Waals surface area (Å²) >= 11 is 0. The Balaban J connectivity index is 1.89. The van der Waals surface area contributed by atoms with E-state index in [1.807, 2.05) is 23.1 Å². The summed E-state index contributed by atoms with van der Waals surface area (Å²) in [4.78, 5) is 15.2. The maximum Gasteiger partial charge on any atom is 0.233 e. The quantitative estimate of drug-likeness (QED) is 0.933. The first-order valence-electron chi connectivity index (χ1n) is 8.28. The molecule has 1 saturated heterocycles. The minimum Gasteiger partial charge on any atom is -0.497 e. The van der Waals surface area contributed by atoms with Crippen molar-refractivity contribution in [3.63, 3.8) is 0 Å². The zero-order chi connectivity index (χ0) is 15.6. The highest BCUT2D eigenvalue weighted by atomic mass is 16.5. The Labute approximate surface area is 132 Å². The van der Waals surface area contributed by atoms with E-state index in [1.165, 1.54) is 0 Å². The predicted molar refractivity (Wildman–Crippen MR) is 85.0 cm³/mol. The molecule has 1 aliphatic carbocycles. The molecule has 1 aliphatic heterocycles. The molecule has 2 aliphatic rings. The van der Waals surface area contributed by atoms with Crippen LogP contribution in [0.4, 0.5) is 0 Å². The largest absolute Gasteiger partial charge is 0.497 e. The van der Waals surface area contributed by atoms with Crippen molar-refractivity contribution in [2.75, 3.05) is 20.2 Å². The van der Waals surface area contributed by atoms with Crippen LogP contribution in [0.1, 0.15) is 44.1 Å². The highest BCUT2D eigenvalue weighted by molar-refractivity contribution is 5.89. The molecule has 2 fully saturated rings. The van der Waals surface area contributed by atoms with E-state index in [0.29, 0.717) is 25.9 Å². The van der Waals surface area contributed by atoms with Gasteiger partial charge in [-0.15, -0.1) is 0 Å². The van der Waals surface area contributed by atoms with Gasteiger partial charge in [-0.25, -0.2) is 0 Å². The number of benzene rings is 1. The van der Waals surface area contributed by atoms with Crippen molar-refractivity contribution in [2.24, 2.45) is 0 Å². The lowest BCUT2D eigenvalue weighted by atomic mass is 9.77. The third kappa shape index (κ3) is 2.72. The Kier molecular flexibility index (Phi) is 4.39. The van der Waals surface area contributed by atoms with Crippen LogP contribution in [0.25, 0.3) is 0 Å². The van der Waals surface area contributed by atoms with E-state index in [1.54, 1.807) is 7.11 Å². The Bertz CT molecular complexity index is 529. The molecule has 4 nitrogen and oxygen atoms in total. The fourth-order valence-electron chi connectivity index (χ4n) is 3.90. The minimum atomic E-state index is -0.392. The van der Waals surface area contributed by atoms with Gasteiger partial charge in [-0.3, -0.25) is 4.79 Å². The normalized spacial score (nSPS) is 21.8. The molecule has 1 amide bonds. The lowest BCUT2D eigenvalue weighted by Crippen LogP contribution is -2.49. The van der Waals surface area contributed by atoms with Gasteiger partial charge >= 0.3 is 0 Å². The van der Waals surface area contributed by atoms with Crippen LogP contribution in [0.15, 0.2) is 24.3 Å².